The maximum atomic E-state index is 12.8. The SMILES string of the molecule is [B]C([B])([B])NC(=O)c1nnc(NC(=O)C2CC2)cc1Nc1cccc(-c2noc(C(=O)N(C)C)n2)c1OC. The first kappa shape index (κ1) is 26.7. The minimum Gasteiger partial charge on any atom is -0.494 e. The van der Waals surface area contributed by atoms with E-state index in [0.717, 1.165) is 12.8 Å². The topological polar surface area (TPSA) is 164 Å². The molecule has 0 unspecified atom stereocenters. The molecule has 38 heavy (non-hydrogen) atoms. The molecule has 1 aliphatic carbocycles. The molecule has 3 amide bonds. The second-order valence-electron chi connectivity index (χ2n) is 8.78. The average Bonchev–Trinajstić information content (AvgIpc) is 3.59. The van der Waals surface area contributed by atoms with Crippen molar-refractivity contribution < 1.29 is 23.6 Å². The van der Waals surface area contributed by atoms with Crippen LogP contribution in [-0.2, 0) is 4.79 Å². The molecule has 3 N–H and O–H groups in total. The van der Waals surface area contributed by atoms with Gasteiger partial charge in [0.2, 0.25) is 11.7 Å². The largest absolute Gasteiger partial charge is 0.494 e. The summed E-state index contributed by atoms with van der Waals surface area (Å²) < 4.78 is 10.7. The molecule has 1 aliphatic rings. The summed E-state index contributed by atoms with van der Waals surface area (Å²) in [5, 5.41) is 17.7. The number of hydrogen-bond donors (Lipinski definition) is 3. The Kier molecular flexibility index (Phi) is 7.42. The number of carbonyl (C=O) groups is 3. The lowest BCUT2D eigenvalue weighted by Gasteiger charge is -2.23. The number of amides is 3. The maximum absolute atomic E-state index is 12.8. The molecule has 3 aromatic rings. The third kappa shape index (κ3) is 6.13. The van der Waals surface area contributed by atoms with Crippen molar-refractivity contribution >= 4 is 58.5 Å². The van der Waals surface area contributed by atoms with Crippen LogP contribution in [0.25, 0.3) is 11.4 Å². The van der Waals surface area contributed by atoms with E-state index in [1.165, 1.54) is 18.1 Å². The van der Waals surface area contributed by atoms with E-state index in [4.69, 9.17) is 32.8 Å². The van der Waals surface area contributed by atoms with Gasteiger partial charge in [-0.15, -0.1) is 10.2 Å². The number of rotatable bonds is 9. The van der Waals surface area contributed by atoms with E-state index in [0.29, 0.717) is 11.3 Å². The van der Waals surface area contributed by atoms with Crippen LogP contribution in [0.4, 0.5) is 17.2 Å². The molecule has 1 fully saturated rings. The number of nitrogens with one attached hydrogen (secondary N) is 3. The van der Waals surface area contributed by atoms with Gasteiger partial charge in [0.25, 0.3) is 5.91 Å². The van der Waals surface area contributed by atoms with Gasteiger partial charge in [-0.3, -0.25) is 14.4 Å². The number of para-hydroxylation sites is 1. The molecule has 2 aromatic heterocycles. The summed E-state index contributed by atoms with van der Waals surface area (Å²) in [5.41, 5.74) is 0.654. The summed E-state index contributed by atoms with van der Waals surface area (Å²) in [6.45, 7) is 0. The molecule has 0 aliphatic heterocycles. The van der Waals surface area contributed by atoms with Crippen LogP contribution in [0.15, 0.2) is 28.8 Å². The lowest BCUT2D eigenvalue weighted by atomic mass is 9.49. The van der Waals surface area contributed by atoms with Crippen LogP contribution in [0.1, 0.15) is 34.0 Å². The zero-order chi connectivity index (χ0) is 27.6. The highest BCUT2D eigenvalue weighted by Crippen LogP contribution is 2.37. The molecule has 16 heteroatoms. The van der Waals surface area contributed by atoms with Gasteiger partial charge in [-0.2, -0.15) is 4.98 Å². The van der Waals surface area contributed by atoms with E-state index in [2.05, 4.69) is 36.3 Å². The standard InChI is InChI=1S/C22H21B3N8O5/c1-33(2)21(36)20-28-17(32-38-20)11-5-4-6-12(16(11)37-3)26-13-9-14(27-18(34)10-7-8-10)30-31-15(13)19(35)29-22(23,24)25/h4-6,9-10H,7-8H2,1-3H3,(H,29,35)(H2,26,27,30,34). The highest BCUT2D eigenvalue weighted by Gasteiger charge is 2.30. The quantitative estimate of drug-likeness (QED) is 0.339. The number of nitrogens with zero attached hydrogens (tertiary/aromatic N) is 5. The van der Waals surface area contributed by atoms with Crippen LogP contribution < -0.4 is 20.7 Å². The minimum absolute atomic E-state index is 0.0838. The molecule has 1 saturated carbocycles. The van der Waals surface area contributed by atoms with Crippen LogP contribution in [0, 0.1) is 5.92 Å². The first-order valence-electron chi connectivity index (χ1n) is 11.3. The van der Waals surface area contributed by atoms with Gasteiger partial charge in [-0.25, -0.2) is 0 Å². The number of anilines is 3. The molecule has 1 aromatic carbocycles. The Hall–Kier alpha value is -4.36. The van der Waals surface area contributed by atoms with Crippen molar-refractivity contribution in [3.05, 3.63) is 35.9 Å². The first-order chi connectivity index (χ1) is 18.0. The molecular formula is C22H21B3N8O5. The molecule has 13 nitrogen and oxygen atoms in total. The Morgan fingerprint density at radius 1 is 1.13 bits per heavy atom. The Morgan fingerprint density at radius 3 is 2.50 bits per heavy atom. The fourth-order valence-corrected chi connectivity index (χ4v) is 3.33. The molecule has 4 rings (SSSR count). The molecule has 0 atom stereocenters. The predicted molar refractivity (Wildman–Crippen MR) is 138 cm³/mol. The Morgan fingerprint density at radius 2 is 1.87 bits per heavy atom. The molecule has 0 saturated heterocycles. The Balaban J connectivity index is 1.71. The zero-order valence-electron chi connectivity index (χ0n) is 20.8. The van der Waals surface area contributed by atoms with E-state index >= 15 is 0 Å². The normalized spacial score (nSPS) is 12.9. The maximum Gasteiger partial charge on any atom is 0.316 e. The summed E-state index contributed by atoms with van der Waals surface area (Å²) in [4.78, 5) is 42.7. The van der Waals surface area contributed by atoms with Crippen molar-refractivity contribution in [1.82, 2.24) is 30.6 Å². The Labute approximate surface area is 221 Å². The third-order valence-corrected chi connectivity index (χ3v) is 5.28. The zero-order valence-corrected chi connectivity index (χ0v) is 20.8. The van der Waals surface area contributed by atoms with Crippen LogP contribution in [0.3, 0.4) is 0 Å². The molecule has 0 spiro atoms. The second kappa shape index (κ2) is 10.6. The van der Waals surface area contributed by atoms with Crippen LogP contribution in [0.5, 0.6) is 5.75 Å². The fourth-order valence-electron chi connectivity index (χ4n) is 3.33. The van der Waals surface area contributed by atoms with E-state index in [-0.39, 0.29) is 46.5 Å². The van der Waals surface area contributed by atoms with Gasteiger partial charge in [0.1, 0.15) is 0 Å². The van der Waals surface area contributed by atoms with Crippen molar-refractivity contribution in [3.8, 4) is 17.1 Å². The van der Waals surface area contributed by atoms with E-state index in [9.17, 15) is 14.4 Å². The van der Waals surface area contributed by atoms with Gasteiger partial charge in [-0.1, -0.05) is 16.5 Å². The van der Waals surface area contributed by atoms with E-state index < -0.39 is 17.1 Å². The van der Waals surface area contributed by atoms with Gasteiger partial charge < -0.3 is 30.1 Å². The van der Waals surface area contributed by atoms with Crippen molar-refractivity contribution in [2.45, 2.75) is 18.1 Å². The average molecular weight is 510 g/mol. The molecule has 188 valence electrons. The highest BCUT2D eigenvalue weighted by molar-refractivity contribution is 6.60. The summed E-state index contributed by atoms with van der Waals surface area (Å²) in [5.74, 6) is -1.31. The van der Waals surface area contributed by atoms with Crippen LogP contribution in [0.2, 0.25) is 0 Å². The summed E-state index contributed by atoms with van der Waals surface area (Å²) in [6, 6.07) is 6.39. The van der Waals surface area contributed by atoms with Crippen LogP contribution in [-0.4, -0.2) is 92.9 Å². The smallest absolute Gasteiger partial charge is 0.316 e. The molecule has 6 radical (unpaired) electrons. The van der Waals surface area contributed by atoms with E-state index in [1.807, 2.05) is 0 Å². The molecule has 2 heterocycles. The predicted octanol–water partition coefficient (Wildman–Crippen LogP) is 0.176. The number of aromatic nitrogens is 4. The number of methoxy groups -OCH3 is 1. The second-order valence-corrected chi connectivity index (χ2v) is 8.78. The summed E-state index contributed by atoms with van der Waals surface area (Å²) in [7, 11) is 21.1. The highest BCUT2D eigenvalue weighted by atomic mass is 16.5. The summed E-state index contributed by atoms with van der Waals surface area (Å²) in [6.07, 6.45) is 1.58. The molecule has 0 bridgehead atoms. The number of carbonyl (C=O) groups excluding carboxylic acids is 3. The Bertz CT molecular complexity index is 1390. The number of hydrogen-bond acceptors (Lipinski definition) is 10. The number of ether oxygens (including phenoxy) is 1. The van der Waals surface area contributed by atoms with Crippen molar-refractivity contribution in [3.63, 3.8) is 0 Å². The fraction of sp³-hybridized carbons (Fsp3) is 0.318. The van der Waals surface area contributed by atoms with Crippen molar-refractivity contribution in [2.75, 3.05) is 31.8 Å². The van der Waals surface area contributed by atoms with Gasteiger partial charge in [0, 0.05) is 26.1 Å². The molecular weight excluding hydrogens is 489 g/mol. The lowest BCUT2D eigenvalue weighted by molar-refractivity contribution is -0.117. The monoisotopic (exact) mass is 510 g/mol. The van der Waals surface area contributed by atoms with Gasteiger partial charge in [0.15, 0.2) is 17.3 Å². The van der Waals surface area contributed by atoms with Crippen molar-refractivity contribution in [1.29, 1.82) is 0 Å². The lowest BCUT2D eigenvalue weighted by Crippen LogP contribution is -2.50. The summed E-state index contributed by atoms with van der Waals surface area (Å²) >= 11 is 0. The van der Waals surface area contributed by atoms with E-state index in [1.54, 1.807) is 32.3 Å². The first-order valence-corrected chi connectivity index (χ1v) is 11.3. The third-order valence-electron chi connectivity index (χ3n) is 5.28. The minimum atomic E-state index is -2.02. The number of benzene rings is 1. The van der Waals surface area contributed by atoms with Gasteiger partial charge in [0.05, 0.1) is 47.6 Å². The van der Waals surface area contributed by atoms with Gasteiger partial charge >= 0.3 is 11.8 Å². The van der Waals surface area contributed by atoms with Crippen LogP contribution >= 0.6 is 0 Å². The van der Waals surface area contributed by atoms with Gasteiger partial charge in [-0.05, 0) is 25.0 Å². The van der Waals surface area contributed by atoms with Crippen molar-refractivity contribution in [2.24, 2.45) is 5.92 Å².